The molecule has 1 unspecified atom stereocenters. The van der Waals surface area contributed by atoms with Crippen molar-refractivity contribution in [2.75, 3.05) is 19.2 Å². The molecule has 0 bridgehead atoms. The van der Waals surface area contributed by atoms with Crippen LogP contribution in [-0.4, -0.2) is 26.0 Å². The molecule has 3 aromatic rings. The Morgan fingerprint density at radius 3 is 2.47 bits per heavy atom. The van der Waals surface area contributed by atoms with E-state index in [1.807, 2.05) is 42.5 Å². The maximum Gasteiger partial charge on any atom is 0.319 e. The van der Waals surface area contributed by atoms with Crippen molar-refractivity contribution in [3.63, 3.8) is 0 Å². The Labute approximate surface area is 186 Å². The van der Waals surface area contributed by atoms with Gasteiger partial charge in [0.1, 0.15) is 11.6 Å². The minimum absolute atomic E-state index is 0.209. The molecular weight excluding hydrogens is 411 g/mol. The monoisotopic (exact) mass is 436 g/mol. The summed E-state index contributed by atoms with van der Waals surface area (Å²) in [6, 6.07) is 17.5. The molecule has 7 heteroatoms. The number of methoxy groups -OCH3 is 1. The van der Waals surface area contributed by atoms with E-state index in [0.717, 1.165) is 16.9 Å². The lowest BCUT2D eigenvalue weighted by atomic mass is 9.98. The number of fused-ring (bicyclic) bond motifs is 1. The number of ether oxygens (including phenoxy) is 3. The lowest BCUT2D eigenvalue weighted by Crippen LogP contribution is -2.40. The predicted octanol–water partition coefficient (Wildman–Crippen LogP) is 4.85. The van der Waals surface area contributed by atoms with Crippen LogP contribution in [-0.2, 0) is 12.8 Å². The van der Waals surface area contributed by atoms with Gasteiger partial charge in [0.05, 0.1) is 7.11 Å². The van der Waals surface area contributed by atoms with E-state index >= 15 is 0 Å². The zero-order valence-electron chi connectivity index (χ0n) is 18.0. The van der Waals surface area contributed by atoms with Crippen molar-refractivity contribution < 1.29 is 23.4 Å². The molecule has 1 aliphatic rings. The van der Waals surface area contributed by atoms with Crippen molar-refractivity contribution in [2.45, 2.75) is 25.8 Å². The Morgan fingerprint density at radius 2 is 1.72 bits per heavy atom. The minimum atomic E-state index is -0.396. The summed E-state index contributed by atoms with van der Waals surface area (Å²) in [5, 5.41) is 5.73. The van der Waals surface area contributed by atoms with Gasteiger partial charge in [-0.25, -0.2) is 9.18 Å². The van der Waals surface area contributed by atoms with Crippen LogP contribution in [0.1, 0.15) is 16.7 Å². The number of halogens is 1. The molecule has 1 atom stereocenters. The fourth-order valence-electron chi connectivity index (χ4n) is 3.60. The summed E-state index contributed by atoms with van der Waals surface area (Å²) in [6.07, 6.45) is 1.19. The van der Waals surface area contributed by atoms with Gasteiger partial charge < -0.3 is 24.8 Å². The Balaban J connectivity index is 1.48. The van der Waals surface area contributed by atoms with Gasteiger partial charge in [-0.1, -0.05) is 24.3 Å². The Kier molecular flexibility index (Phi) is 6.44. The summed E-state index contributed by atoms with van der Waals surface area (Å²) in [4.78, 5) is 12.7. The van der Waals surface area contributed by atoms with Crippen molar-refractivity contribution in [2.24, 2.45) is 0 Å². The van der Waals surface area contributed by atoms with Crippen molar-refractivity contribution in [1.82, 2.24) is 5.32 Å². The summed E-state index contributed by atoms with van der Waals surface area (Å²) >= 11 is 0. The third kappa shape index (κ3) is 5.29. The second-order valence-electron chi connectivity index (χ2n) is 7.70. The molecule has 166 valence electrons. The molecule has 1 heterocycles. The topological polar surface area (TPSA) is 68.8 Å². The van der Waals surface area contributed by atoms with E-state index in [2.05, 4.69) is 10.6 Å². The van der Waals surface area contributed by atoms with E-state index in [4.69, 9.17) is 14.2 Å². The van der Waals surface area contributed by atoms with E-state index in [9.17, 15) is 9.18 Å². The Bertz CT molecular complexity index is 1100. The summed E-state index contributed by atoms with van der Waals surface area (Å²) < 4.78 is 29.9. The molecule has 0 fully saturated rings. The second kappa shape index (κ2) is 9.60. The molecule has 0 saturated heterocycles. The number of amides is 2. The molecule has 0 spiro atoms. The number of aryl methyl sites for hydroxylation is 1. The summed E-state index contributed by atoms with van der Waals surface area (Å²) in [5.74, 6) is 1.82. The highest BCUT2D eigenvalue weighted by atomic mass is 19.1. The normalized spacial score (nSPS) is 12.8. The quantitative estimate of drug-likeness (QED) is 0.556. The van der Waals surface area contributed by atoms with Crippen molar-refractivity contribution in [3.05, 3.63) is 83.2 Å². The second-order valence-corrected chi connectivity index (χ2v) is 7.70. The first-order valence-corrected chi connectivity index (χ1v) is 10.4. The fraction of sp³-hybridized carbons (Fsp3) is 0.240. The Morgan fingerprint density at radius 1 is 1.00 bits per heavy atom. The van der Waals surface area contributed by atoms with E-state index < -0.39 is 6.03 Å². The SMILES string of the molecule is COc1ccc(CC(Cc2ccc3c(c2)OCO3)NC(=O)Nc2ccc(C)c(F)c2)cc1. The summed E-state index contributed by atoms with van der Waals surface area (Å²) in [6.45, 7) is 1.89. The molecule has 0 radical (unpaired) electrons. The average molecular weight is 436 g/mol. The van der Waals surface area contributed by atoms with Crippen molar-refractivity contribution >= 4 is 11.7 Å². The third-order valence-electron chi connectivity index (χ3n) is 5.33. The van der Waals surface area contributed by atoms with Gasteiger partial charge in [-0.15, -0.1) is 0 Å². The van der Waals surface area contributed by atoms with Crippen LogP contribution < -0.4 is 24.8 Å². The van der Waals surface area contributed by atoms with Crippen LogP contribution in [0.5, 0.6) is 17.2 Å². The molecule has 3 aromatic carbocycles. The first-order chi connectivity index (χ1) is 15.5. The number of rotatable bonds is 7. The Hall–Kier alpha value is -3.74. The van der Waals surface area contributed by atoms with Gasteiger partial charge in [0.25, 0.3) is 0 Å². The fourth-order valence-corrected chi connectivity index (χ4v) is 3.60. The minimum Gasteiger partial charge on any atom is -0.497 e. The molecule has 0 aromatic heterocycles. The van der Waals surface area contributed by atoms with E-state index in [0.29, 0.717) is 35.6 Å². The molecule has 0 saturated carbocycles. The van der Waals surface area contributed by atoms with Crippen molar-refractivity contribution in [1.29, 1.82) is 0 Å². The lowest BCUT2D eigenvalue weighted by molar-refractivity contribution is 0.174. The van der Waals surface area contributed by atoms with Gasteiger partial charge in [0, 0.05) is 11.7 Å². The van der Waals surface area contributed by atoms with Gasteiger partial charge in [-0.05, 0) is 72.9 Å². The molecule has 6 nitrogen and oxygen atoms in total. The largest absolute Gasteiger partial charge is 0.497 e. The summed E-state index contributed by atoms with van der Waals surface area (Å²) in [5.41, 5.74) is 2.99. The van der Waals surface area contributed by atoms with Crippen LogP contribution in [0.3, 0.4) is 0 Å². The molecule has 32 heavy (non-hydrogen) atoms. The van der Waals surface area contributed by atoms with Crippen LogP contribution in [0.15, 0.2) is 60.7 Å². The number of benzene rings is 3. The maximum atomic E-state index is 13.8. The number of anilines is 1. The number of hydrogen-bond acceptors (Lipinski definition) is 4. The van der Waals surface area contributed by atoms with Gasteiger partial charge in [0.2, 0.25) is 6.79 Å². The average Bonchev–Trinajstić information content (AvgIpc) is 3.24. The number of urea groups is 1. The van der Waals surface area contributed by atoms with Crippen LogP contribution >= 0.6 is 0 Å². The van der Waals surface area contributed by atoms with Gasteiger partial charge in [-0.3, -0.25) is 0 Å². The van der Waals surface area contributed by atoms with Crippen LogP contribution in [0.2, 0.25) is 0 Å². The van der Waals surface area contributed by atoms with Crippen molar-refractivity contribution in [3.8, 4) is 17.2 Å². The highest BCUT2D eigenvalue weighted by molar-refractivity contribution is 5.89. The van der Waals surface area contributed by atoms with Gasteiger partial charge in [-0.2, -0.15) is 0 Å². The number of hydrogen-bond donors (Lipinski definition) is 2. The van der Waals surface area contributed by atoms with Gasteiger partial charge in [0.15, 0.2) is 11.5 Å². The lowest BCUT2D eigenvalue weighted by Gasteiger charge is -2.20. The number of carbonyl (C=O) groups excluding carboxylic acids is 1. The van der Waals surface area contributed by atoms with Gasteiger partial charge >= 0.3 is 6.03 Å². The molecule has 0 aliphatic carbocycles. The first-order valence-electron chi connectivity index (χ1n) is 10.4. The molecule has 2 amide bonds. The van der Waals surface area contributed by atoms with E-state index in [-0.39, 0.29) is 18.7 Å². The van der Waals surface area contributed by atoms with E-state index in [1.165, 1.54) is 6.07 Å². The smallest absolute Gasteiger partial charge is 0.319 e. The standard InChI is InChI=1S/C25H25FN2O4/c1-16-3-7-19(14-22(16)26)27-25(29)28-20(11-17-4-8-21(30-2)9-5-17)12-18-6-10-23-24(13-18)32-15-31-23/h3-10,13-14,20H,11-12,15H2,1-2H3,(H2,27,28,29). The van der Waals surface area contributed by atoms with Crippen LogP contribution in [0.25, 0.3) is 0 Å². The highest BCUT2D eigenvalue weighted by Gasteiger charge is 2.18. The molecular formula is C25H25FN2O4. The van der Waals surface area contributed by atoms with Crippen LogP contribution in [0, 0.1) is 12.7 Å². The zero-order valence-corrected chi connectivity index (χ0v) is 18.0. The highest BCUT2D eigenvalue weighted by Crippen LogP contribution is 2.33. The summed E-state index contributed by atoms with van der Waals surface area (Å²) in [7, 11) is 1.62. The zero-order chi connectivity index (χ0) is 22.5. The predicted molar refractivity (Wildman–Crippen MR) is 120 cm³/mol. The van der Waals surface area contributed by atoms with Crippen LogP contribution in [0.4, 0.5) is 14.9 Å². The number of nitrogens with one attached hydrogen (secondary N) is 2. The molecule has 4 rings (SSSR count). The van der Waals surface area contributed by atoms with E-state index in [1.54, 1.807) is 26.2 Å². The molecule has 2 N–H and O–H groups in total. The first kappa shape index (κ1) is 21.5. The third-order valence-corrected chi connectivity index (χ3v) is 5.33. The molecule has 1 aliphatic heterocycles. The maximum absolute atomic E-state index is 13.8. The number of carbonyl (C=O) groups is 1.